The van der Waals surface area contributed by atoms with E-state index in [4.69, 9.17) is 4.42 Å². The van der Waals surface area contributed by atoms with Crippen LogP contribution in [0.2, 0.25) is 0 Å². The third-order valence-electron chi connectivity index (χ3n) is 4.18. The topological polar surface area (TPSA) is 53.7 Å². The van der Waals surface area contributed by atoms with Gasteiger partial charge in [0.05, 0.1) is 12.8 Å². The summed E-state index contributed by atoms with van der Waals surface area (Å²) in [4.78, 5) is 13.5. The molecule has 3 atom stereocenters. The van der Waals surface area contributed by atoms with E-state index >= 15 is 0 Å². The highest BCUT2D eigenvalue weighted by molar-refractivity contribution is 5.74. The maximum Gasteiger partial charge on any atom is 0.321 e. The Morgan fingerprint density at radius 1 is 1.53 bits per heavy atom. The smallest absolute Gasteiger partial charge is 0.321 e. The Morgan fingerprint density at radius 3 is 3.12 bits per heavy atom. The van der Waals surface area contributed by atoms with Crippen molar-refractivity contribution in [3.63, 3.8) is 0 Å². The highest BCUT2D eigenvalue weighted by Crippen LogP contribution is 2.42. The molecule has 0 bridgehead atoms. The molecule has 0 amide bonds. The zero-order valence-electron chi connectivity index (χ0n) is 9.71. The zero-order valence-corrected chi connectivity index (χ0v) is 9.71. The number of aliphatic carboxylic acids is 1. The van der Waals surface area contributed by atoms with Crippen molar-refractivity contribution in [3.05, 3.63) is 24.2 Å². The van der Waals surface area contributed by atoms with Crippen LogP contribution in [-0.4, -0.2) is 28.6 Å². The summed E-state index contributed by atoms with van der Waals surface area (Å²) in [5.41, 5.74) is 0. The van der Waals surface area contributed by atoms with Crippen molar-refractivity contribution in [1.82, 2.24) is 4.90 Å². The van der Waals surface area contributed by atoms with E-state index < -0.39 is 5.97 Å². The Balaban J connectivity index is 1.77. The summed E-state index contributed by atoms with van der Waals surface area (Å²) < 4.78 is 5.31. The maximum atomic E-state index is 11.4. The Morgan fingerprint density at radius 2 is 2.41 bits per heavy atom. The van der Waals surface area contributed by atoms with Crippen LogP contribution in [0.5, 0.6) is 0 Å². The summed E-state index contributed by atoms with van der Waals surface area (Å²) in [7, 11) is 0. The number of likely N-dealkylation sites (tertiary alicyclic amines) is 1. The van der Waals surface area contributed by atoms with Gasteiger partial charge in [-0.15, -0.1) is 0 Å². The second-order valence-electron chi connectivity index (χ2n) is 5.15. The lowest BCUT2D eigenvalue weighted by atomic mass is 9.94. The van der Waals surface area contributed by atoms with E-state index in [1.165, 1.54) is 12.8 Å². The third-order valence-corrected chi connectivity index (χ3v) is 4.18. The average Bonchev–Trinajstić information content (AvgIpc) is 2.92. The van der Waals surface area contributed by atoms with E-state index in [0.717, 1.165) is 18.7 Å². The predicted molar refractivity (Wildman–Crippen MR) is 61.4 cm³/mol. The Labute approximate surface area is 100 Å². The third kappa shape index (κ3) is 1.86. The fourth-order valence-corrected chi connectivity index (χ4v) is 3.50. The number of carbonyl (C=O) groups is 1. The normalized spacial score (nSPS) is 32.8. The molecule has 3 unspecified atom stereocenters. The van der Waals surface area contributed by atoms with Gasteiger partial charge >= 0.3 is 5.97 Å². The van der Waals surface area contributed by atoms with Crippen molar-refractivity contribution in [3.8, 4) is 0 Å². The minimum absolute atomic E-state index is 0.312. The van der Waals surface area contributed by atoms with Crippen LogP contribution in [0.25, 0.3) is 0 Å². The highest BCUT2D eigenvalue weighted by Gasteiger charge is 2.47. The number of carboxylic acid groups (broad SMARTS) is 1. The molecule has 92 valence electrons. The van der Waals surface area contributed by atoms with Gasteiger partial charge in [0.15, 0.2) is 0 Å². The fraction of sp³-hybridized carbons (Fsp3) is 0.615. The molecule has 4 nitrogen and oxygen atoms in total. The van der Waals surface area contributed by atoms with Crippen molar-refractivity contribution < 1.29 is 14.3 Å². The molecule has 0 spiro atoms. The van der Waals surface area contributed by atoms with Crippen molar-refractivity contribution in [1.29, 1.82) is 0 Å². The minimum Gasteiger partial charge on any atom is -0.480 e. The van der Waals surface area contributed by atoms with Gasteiger partial charge in [0.2, 0.25) is 0 Å². The molecule has 2 aliphatic rings. The molecule has 1 saturated carbocycles. The number of furan rings is 1. The van der Waals surface area contributed by atoms with E-state index in [-0.39, 0.29) is 6.04 Å². The van der Waals surface area contributed by atoms with Gasteiger partial charge in [-0.3, -0.25) is 9.69 Å². The SMILES string of the molecule is O=C(O)C1C2CCCC2CN1Cc1ccco1. The average molecular weight is 235 g/mol. The van der Waals surface area contributed by atoms with Crippen LogP contribution < -0.4 is 0 Å². The first-order valence-electron chi connectivity index (χ1n) is 6.25. The van der Waals surface area contributed by atoms with E-state index in [0.29, 0.717) is 18.4 Å². The van der Waals surface area contributed by atoms with Gasteiger partial charge in [0.25, 0.3) is 0 Å². The predicted octanol–water partition coefficient (Wildman–Crippen LogP) is 1.96. The van der Waals surface area contributed by atoms with Gasteiger partial charge in [-0.1, -0.05) is 6.42 Å². The lowest BCUT2D eigenvalue weighted by Crippen LogP contribution is -2.39. The van der Waals surface area contributed by atoms with Crippen LogP contribution in [0.3, 0.4) is 0 Å². The van der Waals surface area contributed by atoms with Crippen molar-refractivity contribution >= 4 is 5.97 Å². The minimum atomic E-state index is -0.675. The lowest BCUT2D eigenvalue weighted by Gasteiger charge is -2.22. The molecule has 17 heavy (non-hydrogen) atoms. The number of fused-ring (bicyclic) bond motifs is 1. The standard InChI is InChI=1S/C13H17NO3/c15-13(16)12-11-5-1-3-9(11)7-14(12)8-10-4-2-6-17-10/h2,4,6,9,11-12H,1,3,5,7-8H2,(H,15,16). The van der Waals surface area contributed by atoms with E-state index in [2.05, 4.69) is 4.90 Å². The second-order valence-corrected chi connectivity index (χ2v) is 5.15. The van der Waals surface area contributed by atoms with Gasteiger partial charge < -0.3 is 9.52 Å². The van der Waals surface area contributed by atoms with Gasteiger partial charge in [-0.25, -0.2) is 0 Å². The Bertz CT molecular complexity index is 401. The summed E-state index contributed by atoms with van der Waals surface area (Å²) in [5, 5.41) is 9.39. The molecule has 0 aromatic carbocycles. The molecule has 3 rings (SSSR count). The van der Waals surface area contributed by atoms with Gasteiger partial charge in [-0.05, 0) is 36.8 Å². The maximum absolute atomic E-state index is 11.4. The highest BCUT2D eigenvalue weighted by atomic mass is 16.4. The Kier molecular flexibility index (Phi) is 2.67. The largest absolute Gasteiger partial charge is 0.480 e. The second kappa shape index (κ2) is 4.18. The number of nitrogens with zero attached hydrogens (tertiary/aromatic N) is 1. The van der Waals surface area contributed by atoms with Crippen LogP contribution in [0, 0.1) is 11.8 Å². The molecule has 0 radical (unpaired) electrons. The number of carboxylic acids is 1. The zero-order chi connectivity index (χ0) is 11.8. The van der Waals surface area contributed by atoms with Crippen molar-refractivity contribution in [2.45, 2.75) is 31.8 Å². The molecule has 1 N–H and O–H groups in total. The molecule has 1 aliphatic heterocycles. The van der Waals surface area contributed by atoms with Crippen LogP contribution in [0.4, 0.5) is 0 Å². The lowest BCUT2D eigenvalue weighted by molar-refractivity contribution is -0.143. The Hall–Kier alpha value is -1.29. The first-order chi connectivity index (χ1) is 8.25. The van der Waals surface area contributed by atoms with E-state index in [1.54, 1.807) is 6.26 Å². The van der Waals surface area contributed by atoms with Crippen LogP contribution in [-0.2, 0) is 11.3 Å². The number of rotatable bonds is 3. The quantitative estimate of drug-likeness (QED) is 0.870. The van der Waals surface area contributed by atoms with Crippen molar-refractivity contribution in [2.75, 3.05) is 6.54 Å². The summed E-state index contributed by atoms with van der Waals surface area (Å²) in [6, 6.07) is 3.45. The summed E-state index contributed by atoms with van der Waals surface area (Å²) >= 11 is 0. The molecule has 1 saturated heterocycles. The summed E-state index contributed by atoms with van der Waals surface area (Å²) in [6.45, 7) is 1.53. The monoisotopic (exact) mass is 235 g/mol. The van der Waals surface area contributed by atoms with Crippen molar-refractivity contribution in [2.24, 2.45) is 11.8 Å². The number of hydrogen-bond acceptors (Lipinski definition) is 3. The molecule has 2 fully saturated rings. The van der Waals surface area contributed by atoms with Crippen LogP contribution in [0.15, 0.2) is 22.8 Å². The van der Waals surface area contributed by atoms with Gasteiger partial charge in [0, 0.05) is 6.54 Å². The molecule has 1 aromatic heterocycles. The summed E-state index contributed by atoms with van der Waals surface area (Å²) in [5.74, 6) is 1.11. The summed E-state index contributed by atoms with van der Waals surface area (Å²) in [6.07, 6.45) is 5.08. The first-order valence-corrected chi connectivity index (χ1v) is 6.25. The molecular weight excluding hydrogens is 218 g/mol. The molecule has 1 aromatic rings. The molecule has 1 aliphatic carbocycles. The molecule has 2 heterocycles. The van der Waals surface area contributed by atoms with E-state index in [1.807, 2.05) is 12.1 Å². The van der Waals surface area contributed by atoms with Crippen LogP contribution in [0.1, 0.15) is 25.0 Å². The number of hydrogen-bond donors (Lipinski definition) is 1. The molecule has 4 heteroatoms. The fourth-order valence-electron chi connectivity index (χ4n) is 3.50. The first kappa shape index (κ1) is 10.8. The van der Waals surface area contributed by atoms with Gasteiger partial charge in [0.1, 0.15) is 11.8 Å². The van der Waals surface area contributed by atoms with E-state index in [9.17, 15) is 9.90 Å². The van der Waals surface area contributed by atoms with Gasteiger partial charge in [-0.2, -0.15) is 0 Å². The molecular formula is C13H17NO3. The van der Waals surface area contributed by atoms with Crippen LogP contribution >= 0.6 is 0 Å².